The predicted octanol–water partition coefficient (Wildman–Crippen LogP) is 13.1. The third-order valence-corrected chi connectivity index (χ3v) is 9.88. The Kier molecular flexibility index (Phi) is 6.28. The molecule has 0 aliphatic heterocycles. The maximum absolute atomic E-state index is 8.98. The molecule has 0 bridgehead atoms. The lowest BCUT2D eigenvalue weighted by Crippen LogP contribution is -1.97. The lowest BCUT2D eigenvalue weighted by molar-refractivity contribution is 1.18. The van der Waals surface area contributed by atoms with Crippen LogP contribution < -0.4 is 0 Å². The van der Waals surface area contributed by atoms with Crippen LogP contribution in [-0.2, 0) is 0 Å². The summed E-state index contributed by atoms with van der Waals surface area (Å²) >= 11 is 0. The van der Waals surface area contributed by atoms with E-state index >= 15 is 0 Å². The molecule has 0 aliphatic rings. The Morgan fingerprint density at radius 2 is 0.906 bits per heavy atom. The number of para-hydroxylation sites is 2. The number of aromatic nitrogens is 3. The van der Waals surface area contributed by atoms with Crippen molar-refractivity contribution in [3.8, 4) is 61.8 Å². The van der Waals surface area contributed by atoms with Gasteiger partial charge in [0, 0.05) is 33.2 Å². The minimum absolute atomic E-state index is 0.152. The van der Waals surface area contributed by atoms with Crippen LogP contribution in [0.4, 0.5) is 0 Å². The van der Waals surface area contributed by atoms with Crippen molar-refractivity contribution in [2.24, 2.45) is 0 Å². The Labute approximate surface area is 315 Å². The molecule has 3 heteroatoms. The summed E-state index contributed by atoms with van der Waals surface area (Å²) in [4.78, 5) is 10.2. The minimum Gasteiger partial charge on any atom is -0.309 e. The van der Waals surface area contributed by atoms with Gasteiger partial charge in [0.25, 0.3) is 0 Å². The zero-order chi connectivity index (χ0) is 39.5. The fourth-order valence-corrected chi connectivity index (χ4v) is 7.47. The first-order valence-corrected chi connectivity index (χ1v) is 17.6. The van der Waals surface area contributed by atoms with Crippen LogP contribution in [0.2, 0.25) is 0 Å². The average Bonchev–Trinajstić information content (AvgIpc) is 3.62. The summed E-state index contributed by atoms with van der Waals surface area (Å²) in [6.45, 7) is 0. The normalized spacial score (nSPS) is 12.7. The van der Waals surface area contributed by atoms with E-state index in [9.17, 15) is 0 Å². The molecule has 0 saturated heterocycles. The SMILES string of the molecule is [2H]c1c([2H])c([2H])c(-c2cc(-c3ccc(-c4cc(-c5ccccc5)nc(-c5ccccc5)n4)c4ccccc34)cc(-n3c4ccccc4c4ccccc43)c2)c([2H])c1[2H]. The highest BCUT2D eigenvalue weighted by Gasteiger charge is 2.18. The molecule has 10 rings (SSSR count). The largest absolute Gasteiger partial charge is 0.309 e. The first-order chi connectivity index (χ1) is 28.4. The Hall–Kier alpha value is -7.10. The van der Waals surface area contributed by atoms with Crippen LogP contribution >= 0.6 is 0 Å². The first kappa shape index (κ1) is 25.8. The number of hydrogen-bond donors (Lipinski definition) is 0. The molecule has 2 aromatic heterocycles. The molecule has 248 valence electrons. The van der Waals surface area contributed by atoms with Crippen LogP contribution in [0.1, 0.15) is 6.85 Å². The van der Waals surface area contributed by atoms with Gasteiger partial charge < -0.3 is 4.57 Å². The Morgan fingerprint density at radius 3 is 1.58 bits per heavy atom. The molecule has 0 spiro atoms. The van der Waals surface area contributed by atoms with E-state index in [0.717, 1.165) is 77.5 Å². The van der Waals surface area contributed by atoms with Gasteiger partial charge >= 0.3 is 0 Å². The molecule has 0 aliphatic carbocycles. The highest BCUT2D eigenvalue weighted by molar-refractivity contribution is 6.10. The highest BCUT2D eigenvalue weighted by atomic mass is 15.0. The van der Waals surface area contributed by atoms with E-state index in [2.05, 4.69) is 71.3 Å². The van der Waals surface area contributed by atoms with Gasteiger partial charge in [-0.1, -0.05) is 164 Å². The van der Waals surface area contributed by atoms with Gasteiger partial charge in [-0.3, -0.25) is 0 Å². The van der Waals surface area contributed by atoms with Crippen molar-refractivity contribution in [2.45, 2.75) is 0 Å². The summed E-state index contributed by atoms with van der Waals surface area (Å²) < 4.78 is 45.5. The van der Waals surface area contributed by atoms with Gasteiger partial charge in [-0.2, -0.15) is 0 Å². The van der Waals surface area contributed by atoms with Crippen LogP contribution in [0, 0.1) is 0 Å². The molecule has 53 heavy (non-hydrogen) atoms. The van der Waals surface area contributed by atoms with E-state index in [-0.39, 0.29) is 29.7 Å². The van der Waals surface area contributed by atoms with Crippen LogP contribution in [0.3, 0.4) is 0 Å². The number of fused-ring (bicyclic) bond motifs is 4. The van der Waals surface area contributed by atoms with Crippen molar-refractivity contribution in [2.75, 3.05) is 0 Å². The van der Waals surface area contributed by atoms with Crippen molar-refractivity contribution in [1.29, 1.82) is 0 Å². The van der Waals surface area contributed by atoms with E-state index in [0.29, 0.717) is 11.4 Å². The van der Waals surface area contributed by atoms with E-state index in [4.69, 9.17) is 16.8 Å². The van der Waals surface area contributed by atoms with Crippen molar-refractivity contribution in [1.82, 2.24) is 14.5 Å². The smallest absolute Gasteiger partial charge is 0.160 e. The van der Waals surface area contributed by atoms with Gasteiger partial charge in [0.2, 0.25) is 0 Å². The minimum atomic E-state index is -0.422. The van der Waals surface area contributed by atoms with Gasteiger partial charge in [-0.15, -0.1) is 0 Å². The van der Waals surface area contributed by atoms with Crippen LogP contribution in [-0.4, -0.2) is 14.5 Å². The standard InChI is InChI=1S/C50H33N3/c1-4-16-34(17-5-1)37-30-38(32-39(31-37)53-48-26-14-12-24-44(48)45-25-13-15-27-49(45)53)40-28-29-43(42-23-11-10-22-41(40)42)47-33-46(35-18-6-2-7-19-35)51-50(52-47)36-20-8-3-9-21-36/h1-33H/i1D,4D,5D,16D,17D. The highest BCUT2D eigenvalue weighted by Crippen LogP contribution is 2.40. The summed E-state index contributed by atoms with van der Waals surface area (Å²) in [7, 11) is 0. The molecule has 10 aromatic rings. The molecule has 0 atom stereocenters. The quantitative estimate of drug-likeness (QED) is 0.175. The number of hydrogen-bond acceptors (Lipinski definition) is 2. The van der Waals surface area contributed by atoms with Gasteiger partial charge in [0.05, 0.1) is 29.3 Å². The average molecular weight is 681 g/mol. The molecule has 0 amide bonds. The fourth-order valence-electron chi connectivity index (χ4n) is 7.47. The maximum atomic E-state index is 8.98. The third-order valence-electron chi connectivity index (χ3n) is 9.88. The number of nitrogens with zero attached hydrogens (tertiary/aromatic N) is 3. The molecule has 0 radical (unpaired) electrons. The molecule has 0 saturated carbocycles. The maximum Gasteiger partial charge on any atom is 0.160 e. The predicted molar refractivity (Wildman–Crippen MR) is 221 cm³/mol. The van der Waals surface area contributed by atoms with Gasteiger partial charge in [0.15, 0.2) is 5.82 Å². The van der Waals surface area contributed by atoms with E-state index in [1.807, 2.05) is 103 Å². The van der Waals surface area contributed by atoms with Gasteiger partial charge in [0.1, 0.15) is 0 Å². The molecule has 0 N–H and O–H groups in total. The first-order valence-electron chi connectivity index (χ1n) is 20.1. The summed E-state index contributed by atoms with van der Waals surface area (Å²) in [5.41, 5.74) is 9.71. The second kappa shape index (κ2) is 12.9. The summed E-state index contributed by atoms with van der Waals surface area (Å²) in [6.07, 6.45) is 0. The monoisotopic (exact) mass is 680 g/mol. The lowest BCUT2D eigenvalue weighted by Gasteiger charge is -2.17. The fraction of sp³-hybridized carbons (Fsp3) is 0. The third kappa shape index (κ3) is 5.47. The van der Waals surface area contributed by atoms with Crippen LogP contribution in [0.25, 0.3) is 94.4 Å². The van der Waals surface area contributed by atoms with Gasteiger partial charge in [-0.05, 0) is 69.4 Å². The lowest BCUT2D eigenvalue weighted by atomic mass is 9.91. The summed E-state index contributed by atoms with van der Waals surface area (Å²) in [5, 5.41) is 4.16. The van der Waals surface area contributed by atoms with E-state index < -0.39 is 6.04 Å². The number of benzene rings is 8. The summed E-state index contributed by atoms with van der Waals surface area (Å²) in [5.74, 6) is 0.632. The zero-order valence-electron chi connectivity index (χ0n) is 33.5. The van der Waals surface area contributed by atoms with Crippen molar-refractivity contribution in [3.63, 3.8) is 0 Å². The Bertz CT molecular complexity index is 3090. The molecule has 8 aromatic carbocycles. The van der Waals surface area contributed by atoms with Crippen molar-refractivity contribution < 1.29 is 6.85 Å². The number of rotatable bonds is 6. The van der Waals surface area contributed by atoms with Crippen LogP contribution in [0.15, 0.2) is 200 Å². The molecular weight excluding hydrogens is 643 g/mol. The Morgan fingerprint density at radius 1 is 0.377 bits per heavy atom. The van der Waals surface area contributed by atoms with E-state index in [1.54, 1.807) is 0 Å². The molecule has 2 heterocycles. The summed E-state index contributed by atoms with van der Waals surface area (Å²) in [6, 6.07) is 55.5. The van der Waals surface area contributed by atoms with Crippen molar-refractivity contribution in [3.05, 3.63) is 200 Å². The van der Waals surface area contributed by atoms with Crippen LogP contribution in [0.5, 0.6) is 0 Å². The van der Waals surface area contributed by atoms with Crippen molar-refractivity contribution >= 4 is 32.6 Å². The molecule has 3 nitrogen and oxygen atoms in total. The second-order valence-corrected chi connectivity index (χ2v) is 13.0. The zero-order valence-corrected chi connectivity index (χ0v) is 28.5. The molecule has 0 unspecified atom stereocenters. The molecule has 0 fully saturated rings. The topological polar surface area (TPSA) is 30.7 Å². The Balaban J connectivity index is 1.24. The van der Waals surface area contributed by atoms with E-state index in [1.165, 1.54) is 0 Å². The van der Waals surface area contributed by atoms with Gasteiger partial charge in [-0.25, -0.2) is 9.97 Å². The molecular formula is C50H33N3. The second-order valence-electron chi connectivity index (χ2n) is 13.0.